The van der Waals surface area contributed by atoms with E-state index in [4.69, 9.17) is 4.52 Å². The van der Waals surface area contributed by atoms with Gasteiger partial charge in [0, 0.05) is 19.0 Å². The number of benzene rings is 1. The van der Waals surface area contributed by atoms with Crippen LogP contribution in [0.25, 0.3) is 0 Å². The van der Waals surface area contributed by atoms with Crippen molar-refractivity contribution < 1.29 is 9.32 Å². The Kier molecular flexibility index (Phi) is 5.48. The first-order valence-electron chi connectivity index (χ1n) is 8.93. The smallest absolute Gasteiger partial charge is 0.240 e. The van der Waals surface area contributed by atoms with E-state index in [0.29, 0.717) is 30.2 Å². The van der Waals surface area contributed by atoms with E-state index < -0.39 is 0 Å². The maximum Gasteiger partial charge on any atom is 0.240 e. The minimum absolute atomic E-state index is 0.112. The molecule has 1 saturated heterocycles. The van der Waals surface area contributed by atoms with Gasteiger partial charge >= 0.3 is 0 Å². The first-order valence-corrected chi connectivity index (χ1v) is 8.93. The zero-order valence-corrected chi connectivity index (χ0v) is 15.2. The van der Waals surface area contributed by atoms with E-state index in [1.54, 1.807) is 7.05 Å². The molecule has 1 N–H and O–H groups in total. The van der Waals surface area contributed by atoms with E-state index in [1.807, 2.05) is 0 Å². The molecule has 0 bridgehead atoms. The zero-order valence-electron chi connectivity index (χ0n) is 15.2. The standard InChI is InChI=1S/C19H26N4O2/c1-4-16-15(14-7-5-13(2)6-8-14)9-10-23(16)12-19-21-17(22-25-19)11-18(24)20-3/h5-8,15-16H,4,9-12H2,1-3H3,(H,20,24)/t15-,16+/m1/s1. The number of nitrogens with one attached hydrogen (secondary N) is 1. The number of rotatable bonds is 6. The third-order valence-electron chi connectivity index (χ3n) is 5.03. The molecular weight excluding hydrogens is 316 g/mol. The number of likely N-dealkylation sites (N-methyl/N-ethyl adjacent to an activating group) is 1. The number of hydrogen-bond donors (Lipinski definition) is 1. The van der Waals surface area contributed by atoms with Crippen molar-refractivity contribution in [3.63, 3.8) is 0 Å². The SMILES string of the molecule is CC[C@H]1[C@@H](c2ccc(C)cc2)CCN1Cc1nc(CC(=O)NC)no1. The molecule has 1 aliphatic rings. The predicted octanol–water partition coefficient (Wildman–Crippen LogP) is 2.43. The molecule has 0 saturated carbocycles. The van der Waals surface area contributed by atoms with Gasteiger partial charge in [-0.3, -0.25) is 9.69 Å². The molecule has 3 rings (SSSR count). The molecule has 0 aliphatic carbocycles. The van der Waals surface area contributed by atoms with Crippen LogP contribution in [-0.4, -0.2) is 40.6 Å². The monoisotopic (exact) mass is 342 g/mol. The Hall–Kier alpha value is -2.21. The lowest BCUT2D eigenvalue weighted by Gasteiger charge is -2.26. The molecule has 2 aromatic rings. The normalized spacial score (nSPS) is 20.8. The summed E-state index contributed by atoms with van der Waals surface area (Å²) in [5.41, 5.74) is 2.70. The molecule has 1 aromatic carbocycles. The lowest BCUT2D eigenvalue weighted by atomic mass is 9.90. The van der Waals surface area contributed by atoms with E-state index in [9.17, 15) is 4.79 Å². The number of amides is 1. The van der Waals surface area contributed by atoms with E-state index in [0.717, 1.165) is 19.4 Å². The lowest BCUT2D eigenvalue weighted by Crippen LogP contribution is -2.31. The predicted molar refractivity (Wildman–Crippen MR) is 95.1 cm³/mol. The van der Waals surface area contributed by atoms with Crippen molar-refractivity contribution in [2.75, 3.05) is 13.6 Å². The molecule has 0 radical (unpaired) electrons. The highest BCUT2D eigenvalue weighted by molar-refractivity contribution is 5.77. The van der Waals surface area contributed by atoms with Gasteiger partial charge in [0.05, 0.1) is 13.0 Å². The summed E-state index contributed by atoms with van der Waals surface area (Å²) in [5.74, 6) is 1.46. The van der Waals surface area contributed by atoms with Crippen LogP contribution in [0.2, 0.25) is 0 Å². The summed E-state index contributed by atoms with van der Waals surface area (Å²) in [6.07, 6.45) is 2.38. The fourth-order valence-corrected chi connectivity index (χ4v) is 3.69. The fraction of sp³-hybridized carbons (Fsp3) is 0.526. The Balaban J connectivity index is 1.67. The van der Waals surface area contributed by atoms with Crippen molar-refractivity contribution in [3.8, 4) is 0 Å². The van der Waals surface area contributed by atoms with Gasteiger partial charge in [-0.05, 0) is 31.9 Å². The Morgan fingerprint density at radius 1 is 1.36 bits per heavy atom. The molecule has 6 nitrogen and oxygen atoms in total. The Bertz CT molecular complexity index is 710. The molecule has 1 fully saturated rings. The number of hydrogen-bond acceptors (Lipinski definition) is 5. The van der Waals surface area contributed by atoms with Gasteiger partial charge in [-0.2, -0.15) is 4.98 Å². The van der Waals surface area contributed by atoms with Gasteiger partial charge < -0.3 is 9.84 Å². The molecule has 0 spiro atoms. The Morgan fingerprint density at radius 2 is 2.12 bits per heavy atom. The third-order valence-corrected chi connectivity index (χ3v) is 5.03. The van der Waals surface area contributed by atoms with Crippen molar-refractivity contribution in [1.29, 1.82) is 0 Å². The highest BCUT2D eigenvalue weighted by atomic mass is 16.5. The van der Waals surface area contributed by atoms with Crippen molar-refractivity contribution in [1.82, 2.24) is 20.4 Å². The molecule has 134 valence electrons. The fourth-order valence-electron chi connectivity index (χ4n) is 3.69. The first-order chi connectivity index (χ1) is 12.1. The van der Waals surface area contributed by atoms with Crippen LogP contribution in [0, 0.1) is 6.92 Å². The molecule has 2 heterocycles. The highest BCUT2D eigenvalue weighted by Gasteiger charge is 2.34. The Labute approximate surface area is 148 Å². The van der Waals surface area contributed by atoms with Crippen LogP contribution in [0.1, 0.15) is 48.5 Å². The number of carbonyl (C=O) groups is 1. The van der Waals surface area contributed by atoms with Gasteiger partial charge in [0.2, 0.25) is 11.8 Å². The third kappa shape index (κ3) is 4.07. The number of nitrogens with zero attached hydrogens (tertiary/aromatic N) is 3. The number of aryl methyl sites for hydroxylation is 1. The molecule has 1 amide bonds. The van der Waals surface area contributed by atoms with E-state index in [-0.39, 0.29) is 12.3 Å². The second-order valence-corrected chi connectivity index (χ2v) is 6.71. The zero-order chi connectivity index (χ0) is 17.8. The maximum atomic E-state index is 11.4. The van der Waals surface area contributed by atoms with Crippen LogP contribution in [-0.2, 0) is 17.8 Å². The van der Waals surface area contributed by atoms with Crippen LogP contribution < -0.4 is 5.32 Å². The minimum atomic E-state index is -0.112. The molecule has 0 unspecified atom stereocenters. The van der Waals surface area contributed by atoms with Crippen molar-refractivity contribution in [3.05, 3.63) is 47.1 Å². The molecule has 6 heteroatoms. The maximum absolute atomic E-state index is 11.4. The summed E-state index contributed by atoms with van der Waals surface area (Å²) < 4.78 is 5.34. The van der Waals surface area contributed by atoms with Crippen LogP contribution in [0.5, 0.6) is 0 Å². The van der Waals surface area contributed by atoms with E-state index >= 15 is 0 Å². The molecule has 25 heavy (non-hydrogen) atoms. The summed E-state index contributed by atoms with van der Waals surface area (Å²) in [6, 6.07) is 9.35. The summed E-state index contributed by atoms with van der Waals surface area (Å²) in [7, 11) is 1.60. The van der Waals surface area contributed by atoms with Crippen LogP contribution in [0.15, 0.2) is 28.8 Å². The molecule has 2 atom stereocenters. The average molecular weight is 342 g/mol. The molecule has 1 aliphatic heterocycles. The highest BCUT2D eigenvalue weighted by Crippen LogP contribution is 2.36. The van der Waals surface area contributed by atoms with Gasteiger partial charge in [0.1, 0.15) is 0 Å². The average Bonchev–Trinajstić information content (AvgIpc) is 3.22. The van der Waals surface area contributed by atoms with Crippen LogP contribution in [0.4, 0.5) is 0 Å². The topological polar surface area (TPSA) is 71.3 Å². The van der Waals surface area contributed by atoms with Gasteiger partial charge in [0.15, 0.2) is 5.82 Å². The van der Waals surface area contributed by atoms with Gasteiger partial charge in [-0.1, -0.05) is 41.9 Å². The van der Waals surface area contributed by atoms with Crippen LogP contribution >= 0.6 is 0 Å². The summed E-state index contributed by atoms with van der Waals surface area (Å²) >= 11 is 0. The van der Waals surface area contributed by atoms with E-state index in [2.05, 4.69) is 58.5 Å². The quantitative estimate of drug-likeness (QED) is 0.873. The summed E-state index contributed by atoms with van der Waals surface area (Å²) in [6.45, 7) is 6.01. The lowest BCUT2D eigenvalue weighted by molar-refractivity contribution is -0.120. The Morgan fingerprint density at radius 3 is 2.80 bits per heavy atom. The van der Waals surface area contributed by atoms with Gasteiger partial charge in [-0.15, -0.1) is 0 Å². The van der Waals surface area contributed by atoms with Crippen molar-refractivity contribution in [2.45, 2.75) is 51.6 Å². The van der Waals surface area contributed by atoms with Gasteiger partial charge in [-0.25, -0.2) is 0 Å². The van der Waals surface area contributed by atoms with E-state index in [1.165, 1.54) is 11.1 Å². The largest absolute Gasteiger partial charge is 0.359 e. The second kappa shape index (κ2) is 7.78. The number of carbonyl (C=O) groups excluding carboxylic acids is 1. The van der Waals surface area contributed by atoms with Gasteiger partial charge in [0.25, 0.3) is 0 Å². The molecular formula is C19H26N4O2. The number of aromatic nitrogens is 2. The number of likely N-dealkylation sites (tertiary alicyclic amines) is 1. The van der Waals surface area contributed by atoms with Crippen molar-refractivity contribution in [2.24, 2.45) is 0 Å². The molecule has 1 aromatic heterocycles. The van der Waals surface area contributed by atoms with Crippen molar-refractivity contribution >= 4 is 5.91 Å². The summed E-state index contributed by atoms with van der Waals surface area (Å²) in [4.78, 5) is 18.2. The summed E-state index contributed by atoms with van der Waals surface area (Å²) in [5, 5.41) is 6.48. The minimum Gasteiger partial charge on any atom is -0.359 e. The first kappa shape index (κ1) is 17.6. The van der Waals surface area contributed by atoms with Crippen LogP contribution in [0.3, 0.4) is 0 Å². The second-order valence-electron chi connectivity index (χ2n) is 6.71.